The highest BCUT2D eigenvalue weighted by atomic mass is 16.2. The molecule has 0 spiro atoms. The third-order valence-electron chi connectivity index (χ3n) is 4.94. The molecule has 0 radical (unpaired) electrons. The SMILES string of the molecule is C[C@@H]1CCCC[C@H]1NC(=O)CCn1nc(-c2ccccc2)ccc1=O. The lowest BCUT2D eigenvalue weighted by atomic mass is 9.86. The summed E-state index contributed by atoms with van der Waals surface area (Å²) in [5.74, 6) is 0.525. The first-order chi connectivity index (χ1) is 12.1. The number of aryl methyl sites for hydroxylation is 1. The van der Waals surface area contributed by atoms with Crippen LogP contribution in [0.5, 0.6) is 0 Å². The summed E-state index contributed by atoms with van der Waals surface area (Å²) in [5, 5.41) is 7.52. The normalized spacial score (nSPS) is 20.2. The molecule has 1 aliphatic carbocycles. The van der Waals surface area contributed by atoms with Crippen molar-refractivity contribution in [2.75, 3.05) is 0 Å². The van der Waals surface area contributed by atoms with Gasteiger partial charge in [0.2, 0.25) is 5.91 Å². The maximum atomic E-state index is 12.2. The van der Waals surface area contributed by atoms with Crippen LogP contribution in [0.2, 0.25) is 0 Å². The fourth-order valence-electron chi connectivity index (χ4n) is 3.39. The molecule has 1 amide bonds. The highest BCUT2D eigenvalue weighted by Gasteiger charge is 2.22. The predicted molar refractivity (Wildman–Crippen MR) is 98.1 cm³/mol. The fourth-order valence-corrected chi connectivity index (χ4v) is 3.39. The Balaban J connectivity index is 1.62. The summed E-state index contributed by atoms with van der Waals surface area (Å²) in [5.41, 5.74) is 1.51. The van der Waals surface area contributed by atoms with E-state index in [4.69, 9.17) is 0 Å². The van der Waals surface area contributed by atoms with Crippen LogP contribution in [0.1, 0.15) is 39.0 Å². The largest absolute Gasteiger partial charge is 0.353 e. The van der Waals surface area contributed by atoms with Crippen LogP contribution in [0.25, 0.3) is 11.3 Å². The number of nitrogens with one attached hydrogen (secondary N) is 1. The van der Waals surface area contributed by atoms with Crippen LogP contribution < -0.4 is 10.9 Å². The molecule has 25 heavy (non-hydrogen) atoms. The smallest absolute Gasteiger partial charge is 0.266 e. The Bertz CT molecular complexity index is 770. The number of carbonyl (C=O) groups excluding carboxylic acids is 1. The lowest BCUT2D eigenvalue weighted by Gasteiger charge is -2.29. The zero-order valence-electron chi connectivity index (χ0n) is 14.6. The van der Waals surface area contributed by atoms with E-state index in [0.29, 0.717) is 12.5 Å². The molecule has 5 heteroatoms. The number of carbonyl (C=O) groups is 1. The number of aromatic nitrogens is 2. The van der Waals surface area contributed by atoms with E-state index in [-0.39, 0.29) is 23.9 Å². The second-order valence-electron chi connectivity index (χ2n) is 6.83. The Morgan fingerprint density at radius 3 is 2.68 bits per heavy atom. The number of nitrogens with zero attached hydrogens (tertiary/aromatic N) is 2. The number of amides is 1. The summed E-state index contributed by atoms with van der Waals surface area (Å²) in [6, 6.07) is 13.2. The number of hydrogen-bond acceptors (Lipinski definition) is 3. The minimum absolute atomic E-state index is 0.00226. The van der Waals surface area contributed by atoms with Gasteiger partial charge in [-0.3, -0.25) is 9.59 Å². The molecule has 0 unspecified atom stereocenters. The van der Waals surface area contributed by atoms with Gasteiger partial charge in [0.25, 0.3) is 5.56 Å². The molecule has 5 nitrogen and oxygen atoms in total. The molecule has 1 N–H and O–H groups in total. The van der Waals surface area contributed by atoms with Gasteiger partial charge in [-0.2, -0.15) is 5.10 Å². The lowest BCUT2D eigenvalue weighted by Crippen LogP contribution is -2.41. The quantitative estimate of drug-likeness (QED) is 0.911. The molecule has 1 saturated carbocycles. The van der Waals surface area contributed by atoms with Crippen molar-refractivity contribution in [1.29, 1.82) is 0 Å². The van der Waals surface area contributed by atoms with Crippen molar-refractivity contribution >= 4 is 5.91 Å². The first-order valence-corrected chi connectivity index (χ1v) is 9.06. The molecule has 3 rings (SSSR count). The summed E-state index contributed by atoms with van der Waals surface area (Å²) in [6.07, 6.45) is 4.92. The molecule has 1 aliphatic rings. The monoisotopic (exact) mass is 339 g/mol. The third-order valence-corrected chi connectivity index (χ3v) is 4.94. The zero-order valence-corrected chi connectivity index (χ0v) is 14.6. The van der Waals surface area contributed by atoms with Gasteiger partial charge in [-0.1, -0.05) is 50.1 Å². The molecular formula is C20H25N3O2. The summed E-state index contributed by atoms with van der Waals surface area (Å²) < 4.78 is 1.38. The number of hydrogen-bond donors (Lipinski definition) is 1. The molecule has 1 heterocycles. The molecule has 0 saturated heterocycles. The molecule has 0 aliphatic heterocycles. The predicted octanol–water partition coefficient (Wildman–Crippen LogP) is 3.00. The highest BCUT2D eigenvalue weighted by Crippen LogP contribution is 2.23. The van der Waals surface area contributed by atoms with Crippen LogP contribution in [-0.4, -0.2) is 21.7 Å². The van der Waals surface area contributed by atoms with Gasteiger partial charge < -0.3 is 5.32 Å². The van der Waals surface area contributed by atoms with E-state index in [1.807, 2.05) is 30.3 Å². The average molecular weight is 339 g/mol. The lowest BCUT2D eigenvalue weighted by molar-refractivity contribution is -0.122. The minimum Gasteiger partial charge on any atom is -0.353 e. The van der Waals surface area contributed by atoms with E-state index in [9.17, 15) is 9.59 Å². The van der Waals surface area contributed by atoms with Gasteiger partial charge in [0.05, 0.1) is 12.2 Å². The van der Waals surface area contributed by atoms with Crippen molar-refractivity contribution in [2.24, 2.45) is 5.92 Å². The van der Waals surface area contributed by atoms with Crippen LogP contribution in [-0.2, 0) is 11.3 Å². The van der Waals surface area contributed by atoms with Crippen LogP contribution in [0.15, 0.2) is 47.3 Å². The van der Waals surface area contributed by atoms with E-state index >= 15 is 0 Å². The summed E-state index contributed by atoms with van der Waals surface area (Å²) in [4.78, 5) is 24.3. The molecule has 1 aromatic heterocycles. The maximum Gasteiger partial charge on any atom is 0.266 e. The second kappa shape index (κ2) is 8.10. The van der Waals surface area contributed by atoms with E-state index in [2.05, 4.69) is 17.3 Å². The third kappa shape index (κ3) is 4.56. The van der Waals surface area contributed by atoms with Gasteiger partial charge in [0.1, 0.15) is 0 Å². The van der Waals surface area contributed by atoms with Crippen molar-refractivity contribution < 1.29 is 4.79 Å². The average Bonchev–Trinajstić information content (AvgIpc) is 2.64. The first kappa shape index (κ1) is 17.4. The van der Waals surface area contributed by atoms with Gasteiger partial charge in [-0.15, -0.1) is 0 Å². The van der Waals surface area contributed by atoms with Crippen LogP contribution in [0, 0.1) is 5.92 Å². The van der Waals surface area contributed by atoms with E-state index < -0.39 is 0 Å². The van der Waals surface area contributed by atoms with Gasteiger partial charge in [0, 0.05) is 24.1 Å². The molecule has 1 aromatic carbocycles. The molecule has 132 valence electrons. The summed E-state index contributed by atoms with van der Waals surface area (Å²) in [7, 11) is 0. The molecule has 1 fully saturated rings. The zero-order chi connectivity index (χ0) is 17.6. The maximum absolute atomic E-state index is 12.2. The van der Waals surface area contributed by atoms with Crippen molar-refractivity contribution in [3.63, 3.8) is 0 Å². The van der Waals surface area contributed by atoms with Crippen molar-refractivity contribution in [1.82, 2.24) is 15.1 Å². The van der Waals surface area contributed by atoms with Crippen molar-refractivity contribution in [3.05, 3.63) is 52.8 Å². The molecule has 2 atom stereocenters. The topological polar surface area (TPSA) is 64.0 Å². The van der Waals surface area contributed by atoms with E-state index in [1.54, 1.807) is 6.07 Å². The first-order valence-electron chi connectivity index (χ1n) is 9.06. The van der Waals surface area contributed by atoms with Gasteiger partial charge >= 0.3 is 0 Å². The Morgan fingerprint density at radius 2 is 1.92 bits per heavy atom. The number of rotatable bonds is 5. The van der Waals surface area contributed by atoms with Gasteiger partial charge in [-0.05, 0) is 24.8 Å². The highest BCUT2D eigenvalue weighted by molar-refractivity contribution is 5.76. The van der Waals surface area contributed by atoms with Crippen molar-refractivity contribution in [3.8, 4) is 11.3 Å². The Morgan fingerprint density at radius 1 is 1.16 bits per heavy atom. The standard InChI is InChI=1S/C20H25N3O2/c1-15-7-5-6-10-17(15)21-19(24)13-14-23-20(25)12-11-18(22-23)16-8-3-2-4-9-16/h2-4,8-9,11-12,15,17H,5-7,10,13-14H2,1H3,(H,21,24)/t15-,17-/m1/s1. The Kier molecular flexibility index (Phi) is 5.64. The fraction of sp³-hybridized carbons (Fsp3) is 0.450. The molecule has 2 aromatic rings. The molecular weight excluding hydrogens is 314 g/mol. The van der Waals surface area contributed by atoms with Crippen LogP contribution in [0.4, 0.5) is 0 Å². The van der Waals surface area contributed by atoms with Crippen LogP contribution >= 0.6 is 0 Å². The second-order valence-corrected chi connectivity index (χ2v) is 6.83. The van der Waals surface area contributed by atoms with Gasteiger partial charge in [-0.25, -0.2) is 4.68 Å². The van der Waals surface area contributed by atoms with Crippen molar-refractivity contribution in [2.45, 2.75) is 51.6 Å². The number of benzene rings is 1. The van der Waals surface area contributed by atoms with E-state index in [1.165, 1.54) is 30.0 Å². The summed E-state index contributed by atoms with van der Waals surface area (Å²) >= 11 is 0. The summed E-state index contributed by atoms with van der Waals surface area (Å²) in [6.45, 7) is 2.49. The minimum atomic E-state index is -0.182. The Labute approximate surface area is 148 Å². The van der Waals surface area contributed by atoms with Gasteiger partial charge in [0.15, 0.2) is 0 Å². The molecule has 0 bridgehead atoms. The Hall–Kier alpha value is -2.43. The van der Waals surface area contributed by atoms with Crippen LogP contribution in [0.3, 0.4) is 0 Å². The van der Waals surface area contributed by atoms with E-state index in [0.717, 1.165) is 17.7 Å².